The molecular formula is C19H17F3N4. The molecule has 0 bridgehead atoms. The number of aryl methyl sites for hydroxylation is 2. The second-order valence-electron chi connectivity index (χ2n) is 5.85. The van der Waals surface area contributed by atoms with Gasteiger partial charge in [-0.2, -0.15) is 13.2 Å². The number of nitrogens with zero attached hydrogens (tertiary/aromatic N) is 2. The average molecular weight is 358 g/mol. The van der Waals surface area contributed by atoms with Gasteiger partial charge < -0.3 is 10.6 Å². The fraction of sp³-hybridized carbons (Fsp3) is 0.158. The average Bonchev–Trinajstić information content (AvgIpc) is 2.56. The van der Waals surface area contributed by atoms with Gasteiger partial charge >= 0.3 is 6.18 Å². The number of aromatic nitrogens is 2. The third-order valence-electron chi connectivity index (χ3n) is 3.66. The van der Waals surface area contributed by atoms with Gasteiger partial charge in [-0.25, -0.2) is 9.97 Å². The predicted molar refractivity (Wildman–Crippen MR) is 96.0 cm³/mol. The van der Waals surface area contributed by atoms with Crippen LogP contribution in [-0.2, 0) is 6.18 Å². The highest BCUT2D eigenvalue weighted by molar-refractivity contribution is 5.65. The van der Waals surface area contributed by atoms with Crippen molar-refractivity contribution in [2.75, 3.05) is 10.6 Å². The van der Waals surface area contributed by atoms with Gasteiger partial charge in [0.2, 0.25) is 0 Å². The SMILES string of the molecule is Cc1ccc(Nc2cc(Nc3ccccc3C(F)(F)F)nc(C)n2)cc1. The maximum atomic E-state index is 13.1. The van der Waals surface area contributed by atoms with E-state index in [1.165, 1.54) is 18.2 Å². The molecular weight excluding hydrogens is 341 g/mol. The van der Waals surface area contributed by atoms with Crippen molar-refractivity contribution in [2.24, 2.45) is 0 Å². The molecule has 3 rings (SSSR count). The van der Waals surface area contributed by atoms with Crippen molar-refractivity contribution < 1.29 is 13.2 Å². The third-order valence-corrected chi connectivity index (χ3v) is 3.66. The van der Waals surface area contributed by atoms with Crippen LogP contribution >= 0.6 is 0 Å². The van der Waals surface area contributed by atoms with Crippen molar-refractivity contribution in [3.63, 3.8) is 0 Å². The Balaban J connectivity index is 1.88. The van der Waals surface area contributed by atoms with E-state index in [0.29, 0.717) is 11.6 Å². The molecule has 0 fully saturated rings. The summed E-state index contributed by atoms with van der Waals surface area (Å²) < 4.78 is 39.4. The molecule has 2 N–H and O–H groups in total. The van der Waals surface area contributed by atoms with Gasteiger partial charge in [-0.05, 0) is 38.1 Å². The van der Waals surface area contributed by atoms with Crippen LogP contribution in [0, 0.1) is 13.8 Å². The van der Waals surface area contributed by atoms with Gasteiger partial charge in [0.25, 0.3) is 0 Å². The topological polar surface area (TPSA) is 49.8 Å². The largest absolute Gasteiger partial charge is 0.418 e. The second kappa shape index (κ2) is 7.03. The summed E-state index contributed by atoms with van der Waals surface area (Å²) in [6.07, 6.45) is -4.45. The van der Waals surface area contributed by atoms with E-state index in [4.69, 9.17) is 0 Å². The normalized spacial score (nSPS) is 11.3. The number of benzene rings is 2. The Morgan fingerprint density at radius 3 is 2.08 bits per heavy atom. The number of hydrogen-bond acceptors (Lipinski definition) is 4. The Morgan fingerprint density at radius 2 is 1.42 bits per heavy atom. The highest BCUT2D eigenvalue weighted by Gasteiger charge is 2.33. The molecule has 0 amide bonds. The van der Waals surface area contributed by atoms with Gasteiger partial charge in [0, 0.05) is 11.8 Å². The summed E-state index contributed by atoms with van der Waals surface area (Å²) in [4.78, 5) is 8.46. The molecule has 26 heavy (non-hydrogen) atoms. The first kappa shape index (κ1) is 17.7. The lowest BCUT2D eigenvalue weighted by Crippen LogP contribution is -2.09. The van der Waals surface area contributed by atoms with Crippen LogP contribution in [0.3, 0.4) is 0 Å². The zero-order valence-electron chi connectivity index (χ0n) is 14.2. The summed E-state index contributed by atoms with van der Waals surface area (Å²) in [7, 11) is 0. The molecule has 0 aliphatic heterocycles. The molecule has 2 aromatic carbocycles. The Labute approximate surface area is 149 Å². The molecule has 0 saturated carbocycles. The van der Waals surface area contributed by atoms with Crippen LogP contribution in [-0.4, -0.2) is 9.97 Å². The predicted octanol–water partition coefficient (Wildman–Crippen LogP) is 5.60. The number of anilines is 4. The lowest BCUT2D eigenvalue weighted by Gasteiger charge is -2.15. The molecule has 4 nitrogen and oxygen atoms in total. The summed E-state index contributed by atoms with van der Waals surface area (Å²) in [6, 6.07) is 14.6. The van der Waals surface area contributed by atoms with Crippen molar-refractivity contribution in [3.8, 4) is 0 Å². The van der Waals surface area contributed by atoms with Crippen LogP contribution < -0.4 is 10.6 Å². The van der Waals surface area contributed by atoms with Crippen LogP contribution in [0.15, 0.2) is 54.6 Å². The molecule has 0 aliphatic carbocycles. The van der Waals surface area contributed by atoms with Crippen molar-refractivity contribution in [3.05, 3.63) is 71.5 Å². The number of hydrogen-bond donors (Lipinski definition) is 2. The first-order valence-electron chi connectivity index (χ1n) is 7.94. The molecule has 1 heterocycles. The molecule has 0 atom stereocenters. The van der Waals surface area contributed by atoms with Crippen LogP contribution in [0.1, 0.15) is 17.0 Å². The van der Waals surface area contributed by atoms with E-state index < -0.39 is 11.7 Å². The minimum atomic E-state index is -4.45. The Morgan fingerprint density at radius 1 is 0.808 bits per heavy atom. The van der Waals surface area contributed by atoms with Crippen LogP contribution in [0.4, 0.5) is 36.2 Å². The number of rotatable bonds is 4. The smallest absolute Gasteiger partial charge is 0.340 e. The number of halogens is 3. The molecule has 0 radical (unpaired) electrons. The molecule has 1 aromatic heterocycles. The van der Waals surface area contributed by atoms with Gasteiger partial charge in [0.1, 0.15) is 17.5 Å². The van der Waals surface area contributed by atoms with Gasteiger partial charge in [0.15, 0.2) is 0 Å². The quantitative estimate of drug-likeness (QED) is 0.637. The maximum Gasteiger partial charge on any atom is 0.418 e. The first-order valence-corrected chi connectivity index (χ1v) is 7.94. The molecule has 3 aromatic rings. The van der Waals surface area contributed by atoms with Crippen molar-refractivity contribution in [2.45, 2.75) is 20.0 Å². The molecule has 0 aliphatic rings. The van der Waals surface area contributed by atoms with Gasteiger partial charge in [0.05, 0.1) is 11.3 Å². The van der Waals surface area contributed by atoms with Crippen LogP contribution in [0.2, 0.25) is 0 Å². The van der Waals surface area contributed by atoms with E-state index >= 15 is 0 Å². The van der Waals surface area contributed by atoms with Crippen molar-refractivity contribution in [1.82, 2.24) is 9.97 Å². The van der Waals surface area contributed by atoms with Gasteiger partial charge in [-0.3, -0.25) is 0 Å². The van der Waals surface area contributed by atoms with E-state index in [1.807, 2.05) is 31.2 Å². The van der Waals surface area contributed by atoms with Crippen molar-refractivity contribution in [1.29, 1.82) is 0 Å². The fourth-order valence-electron chi connectivity index (χ4n) is 2.46. The van der Waals surface area contributed by atoms with E-state index in [-0.39, 0.29) is 11.5 Å². The van der Waals surface area contributed by atoms with Gasteiger partial charge in [-0.15, -0.1) is 0 Å². The van der Waals surface area contributed by atoms with Crippen molar-refractivity contribution >= 4 is 23.0 Å². The molecule has 0 unspecified atom stereocenters. The maximum absolute atomic E-state index is 13.1. The van der Waals surface area contributed by atoms with E-state index in [9.17, 15) is 13.2 Å². The Hall–Kier alpha value is -3.09. The minimum Gasteiger partial charge on any atom is -0.340 e. The fourth-order valence-corrected chi connectivity index (χ4v) is 2.46. The van der Waals surface area contributed by atoms with E-state index in [2.05, 4.69) is 20.6 Å². The van der Waals surface area contributed by atoms with Gasteiger partial charge in [-0.1, -0.05) is 29.8 Å². The lowest BCUT2D eigenvalue weighted by molar-refractivity contribution is -0.136. The van der Waals surface area contributed by atoms with Crippen LogP contribution in [0.25, 0.3) is 0 Å². The standard InChI is InChI=1S/C19H17F3N4/c1-12-7-9-14(10-8-12)25-17-11-18(24-13(2)23-17)26-16-6-4-3-5-15(16)19(20,21)22/h3-11H,1-2H3,(H2,23,24,25,26). The lowest BCUT2D eigenvalue weighted by atomic mass is 10.1. The summed E-state index contributed by atoms with van der Waals surface area (Å²) in [5.74, 6) is 1.21. The zero-order chi connectivity index (χ0) is 18.7. The minimum absolute atomic E-state index is 0.0561. The number of nitrogens with one attached hydrogen (secondary N) is 2. The second-order valence-corrected chi connectivity index (χ2v) is 5.85. The molecule has 0 spiro atoms. The third kappa shape index (κ3) is 4.30. The monoisotopic (exact) mass is 358 g/mol. The first-order chi connectivity index (χ1) is 12.3. The Bertz CT molecular complexity index is 905. The Kier molecular flexibility index (Phi) is 4.79. The van der Waals surface area contributed by atoms with E-state index in [1.54, 1.807) is 13.0 Å². The zero-order valence-corrected chi connectivity index (χ0v) is 14.2. The number of para-hydroxylation sites is 1. The molecule has 0 saturated heterocycles. The summed E-state index contributed by atoms with van der Waals surface area (Å²) in [6.45, 7) is 3.67. The highest BCUT2D eigenvalue weighted by Crippen LogP contribution is 2.35. The number of alkyl halides is 3. The highest BCUT2D eigenvalue weighted by atomic mass is 19.4. The van der Waals surface area contributed by atoms with Crippen LogP contribution in [0.5, 0.6) is 0 Å². The molecule has 134 valence electrons. The summed E-state index contributed by atoms with van der Waals surface area (Å²) in [5.41, 5.74) is 1.15. The summed E-state index contributed by atoms with van der Waals surface area (Å²) >= 11 is 0. The molecule has 7 heteroatoms. The summed E-state index contributed by atoms with van der Waals surface area (Å²) in [5, 5.41) is 5.87. The van der Waals surface area contributed by atoms with E-state index in [0.717, 1.165) is 17.3 Å².